The molecule has 19 heavy (non-hydrogen) atoms. The molecule has 1 heterocycles. The Bertz CT molecular complexity index is 444. The summed E-state index contributed by atoms with van der Waals surface area (Å²) in [5.41, 5.74) is 0.869. The van der Waals surface area contributed by atoms with Gasteiger partial charge in [-0.05, 0) is 56.0 Å². The van der Waals surface area contributed by atoms with Gasteiger partial charge in [0.1, 0.15) is 11.6 Å². The van der Waals surface area contributed by atoms with Crippen LogP contribution in [0.15, 0.2) is 22.7 Å². The fourth-order valence-electron chi connectivity index (χ4n) is 2.50. The van der Waals surface area contributed by atoms with Gasteiger partial charge in [-0.2, -0.15) is 0 Å². The molecule has 1 saturated heterocycles. The highest BCUT2D eigenvalue weighted by molar-refractivity contribution is 9.10. The number of halogens is 2. The normalized spacial score (nSPS) is 19.4. The summed E-state index contributed by atoms with van der Waals surface area (Å²) in [7, 11) is 0. The molecule has 0 aliphatic carbocycles. The summed E-state index contributed by atoms with van der Waals surface area (Å²) >= 11 is 3.30. The molecule has 1 atom stereocenters. The molecule has 0 aromatic heterocycles. The quantitative estimate of drug-likeness (QED) is 0.897. The number of Topliss-reactive ketones (excluding diaryl/α,β-unsaturated/α-hetero) is 1. The van der Waals surface area contributed by atoms with Gasteiger partial charge in [-0.15, -0.1) is 0 Å². The Hall–Kier alpha value is -0.740. The molecule has 1 aliphatic heterocycles. The van der Waals surface area contributed by atoms with Gasteiger partial charge in [-0.3, -0.25) is 4.79 Å². The van der Waals surface area contributed by atoms with E-state index < -0.39 is 0 Å². The number of benzene rings is 1. The number of rotatable bonds is 5. The third-order valence-electron chi connectivity index (χ3n) is 3.63. The molecule has 104 valence electrons. The molecule has 0 bridgehead atoms. The van der Waals surface area contributed by atoms with Gasteiger partial charge in [0.25, 0.3) is 0 Å². The van der Waals surface area contributed by atoms with E-state index in [9.17, 15) is 9.18 Å². The lowest BCUT2D eigenvalue weighted by molar-refractivity contribution is -0.118. The Morgan fingerprint density at radius 2 is 2.32 bits per heavy atom. The topological polar surface area (TPSA) is 29.1 Å². The number of carbonyl (C=O) groups excluding carboxylic acids is 1. The fraction of sp³-hybridized carbons (Fsp3) is 0.533. The van der Waals surface area contributed by atoms with Crippen molar-refractivity contribution in [2.45, 2.75) is 32.1 Å². The summed E-state index contributed by atoms with van der Waals surface area (Å²) in [6, 6.07) is 4.49. The predicted octanol–water partition coefficient (Wildman–Crippen LogP) is 3.48. The Morgan fingerprint density at radius 3 is 3.00 bits per heavy atom. The first-order valence-corrected chi connectivity index (χ1v) is 7.61. The second kappa shape index (κ2) is 7.15. The summed E-state index contributed by atoms with van der Waals surface area (Å²) in [5, 5.41) is 3.36. The first-order chi connectivity index (χ1) is 9.15. The van der Waals surface area contributed by atoms with E-state index in [1.54, 1.807) is 6.07 Å². The van der Waals surface area contributed by atoms with E-state index in [-0.39, 0.29) is 11.6 Å². The first kappa shape index (κ1) is 14.7. The molecule has 2 rings (SSSR count). The molecule has 4 heteroatoms. The van der Waals surface area contributed by atoms with E-state index in [0.717, 1.165) is 25.1 Å². The van der Waals surface area contributed by atoms with Gasteiger partial charge in [0, 0.05) is 17.3 Å². The molecule has 0 amide bonds. The largest absolute Gasteiger partial charge is 0.316 e. The van der Waals surface area contributed by atoms with Crippen molar-refractivity contribution in [1.29, 1.82) is 0 Å². The number of carbonyl (C=O) groups is 1. The minimum Gasteiger partial charge on any atom is -0.316 e. The van der Waals surface area contributed by atoms with Crippen LogP contribution in [0.4, 0.5) is 4.39 Å². The van der Waals surface area contributed by atoms with Gasteiger partial charge in [0.2, 0.25) is 0 Å². The van der Waals surface area contributed by atoms with Crippen LogP contribution in [0.3, 0.4) is 0 Å². The zero-order valence-corrected chi connectivity index (χ0v) is 12.5. The van der Waals surface area contributed by atoms with Crippen molar-refractivity contribution in [3.05, 3.63) is 34.1 Å². The number of nitrogens with one attached hydrogen (secondary N) is 1. The molecular formula is C15H19BrFNO. The third-order valence-corrected chi connectivity index (χ3v) is 4.37. The van der Waals surface area contributed by atoms with Crippen LogP contribution in [-0.2, 0) is 11.2 Å². The lowest BCUT2D eigenvalue weighted by Gasteiger charge is -2.22. The highest BCUT2D eigenvalue weighted by atomic mass is 79.9. The zero-order chi connectivity index (χ0) is 13.7. The molecule has 1 unspecified atom stereocenters. The summed E-state index contributed by atoms with van der Waals surface area (Å²) in [6.07, 6.45) is 4.41. The summed E-state index contributed by atoms with van der Waals surface area (Å²) in [4.78, 5) is 12.0. The second-order valence-corrected chi connectivity index (χ2v) is 6.06. The Kier molecular flexibility index (Phi) is 5.52. The SMILES string of the molecule is O=C(CCC1CCCNC1)Cc1ccc(F)cc1Br. The maximum Gasteiger partial charge on any atom is 0.137 e. The highest BCUT2D eigenvalue weighted by Gasteiger charge is 2.15. The van der Waals surface area contributed by atoms with Crippen LogP contribution in [0.1, 0.15) is 31.2 Å². The first-order valence-electron chi connectivity index (χ1n) is 6.81. The van der Waals surface area contributed by atoms with Crippen molar-refractivity contribution in [3.8, 4) is 0 Å². The number of hydrogen-bond acceptors (Lipinski definition) is 2. The van der Waals surface area contributed by atoms with E-state index in [1.807, 2.05) is 0 Å². The van der Waals surface area contributed by atoms with Gasteiger partial charge in [-0.1, -0.05) is 22.0 Å². The van der Waals surface area contributed by atoms with Crippen molar-refractivity contribution < 1.29 is 9.18 Å². The van der Waals surface area contributed by atoms with Crippen LogP contribution in [-0.4, -0.2) is 18.9 Å². The average Bonchev–Trinajstić information content (AvgIpc) is 2.41. The molecule has 1 aromatic carbocycles. The van der Waals surface area contributed by atoms with Crippen molar-refractivity contribution >= 4 is 21.7 Å². The second-order valence-electron chi connectivity index (χ2n) is 5.20. The molecule has 1 N–H and O–H groups in total. The minimum atomic E-state index is -0.281. The van der Waals surface area contributed by atoms with Gasteiger partial charge in [0.15, 0.2) is 0 Å². The van der Waals surface area contributed by atoms with Crippen molar-refractivity contribution in [1.82, 2.24) is 5.32 Å². The van der Waals surface area contributed by atoms with E-state index in [2.05, 4.69) is 21.2 Å². The maximum absolute atomic E-state index is 13.0. The van der Waals surface area contributed by atoms with Gasteiger partial charge < -0.3 is 5.32 Å². The van der Waals surface area contributed by atoms with Crippen LogP contribution in [0.25, 0.3) is 0 Å². The lowest BCUT2D eigenvalue weighted by atomic mass is 9.92. The van der Waals surface area contributed by atoms with E-state index in [4.69, 9.17) is 0 Å². The predicted molar refractivity (Wildman–Crippen MR) is 77.6 cm³/mol. The summed E-state index contributed by atoms with van der Waals surface area (Å²) < 4.78 is 13.6. The molecule has 0 saturated carbocycles. The van der Waals surface area contributed by atoms with Crippen molar-refractivity contribution in [2.24, 2.45) is 5.92 Å². The Balaban J connectivity index is 1.80. The molecule has 1 aliphatic rings. The van der Waals surface area contributed by atoms with E-state index in [1.165, 1.54) is 25.0 Å². The van der Waals surface area contributed by atoms with Gasteiger partial charge in [-0.25, -0.2) is 4.39 Å². The summed E-state index contributed by atoms with van der Waals surface area (Å²) in [5.74, 6) is 0.587. The maximum atomic E-state index is 13.0. The van der Waals surface area contributed by atoms with Crippen LogP contribution in [0.2, 0.25) is 0 Å². The number of hydrogen-bond donors (Lipinski definition) is 1. The van der Waals surface area contributed by atoms with Crippen LogP contribution < -0.4 is 5.32 Å². The van der Waals surface area contributed by atoms with E-state index >= 15 is 0 Å². The monoisotopic (exact) mass is 327 g/mol. The van der Waals surface area contributed by atoms with Crippen molar-refractivity contribution in [2.75, 3.05) is 13.1 Å². The highest BCUT2D eigenvalue weighted by Crippen LogP contribution is 2.21. The Morgan fingerprint density at radius 1 is 1.47 bits per heavy atom. The lowest BCUT2D eigenvalue weighted by Crippen LogP contribution is -2.30. The number of piperidine rings is 1. The zero-order valence-electron chi connectivity index (χ0n) is 10.9. The van der Waals surface area contributed by atoms with Gasteiger partial charge >= 0.3 is 0 Å². The van der Waals surface area contributed by atoms with E-state index in [0.29, 0.717) is 23.2 Å². The summed E-state index contributed by atoms with van der Waals surface area (Å²) in [6.45, 7) is 2.14. The Labute approximate surface area is 121 Å². The standard InChI is InChI=1S/C15H19BrFNO/c16-15-9-13(17)5-4-12(15)8-14(19)6-3-11-2-1-7-18-10-11/h4-5,9,11,18H,1-3,6-8,10H2. The minimum absolute atomic E-state index is 0.234. The smallest absolute Gasteiger partial charge is 0.137 e. The molecule has 0 spiro atoms. The third kappa shape index (κ3) is 4.69. The average molecular weight is 328 g/mol. The molecule has 1 aromatic rings. The van der Waals surface area contributed by atoms with Crippen LogP contribution >= 0.6 is 15.9 Å². The van der Waals surface area contributed by atoms with Crippen molar-refractivity contribution in [3.63, 3.8) is 0 Å². The van der Waals surface area contributed by atoms with Gasteiger partial charge in [0.05, 0.1) is 0 Å². The van der Waals surface area contributed by atoms with Crippen LogP contribution in [0, 0.1) is 11.7 Å². The number of ketones is 1. The molecular weight excluding hydrogens is 309 g/mol. The fourth-order valence-corrected chi connectivity index (χ4v) is 2.99. The molecule has 0 radical (unpaired) electrons. The molecule has 2 nitrogen and oxygen atoms in total. The molecule has 1 fully saturated rings. The van der Waals surface area contributed by atoms with Crippen LogP contribution in [0.5, 0.6) is 0 Å².